The first kappa shape index (κ1) is 12.1. The van der Waals surface area contributed by atoms with Crippen molar-refractivity contribution >= 4 is 11.6 Å². The molecule has 0 radical (unpaired) electrons. The van der Waals surface area contributed by atoms with Crippen molar-refractivity contribution in [3.05, 3.63) is 39.9 Å². The number of carbonyl (C=O) groups excluding carboxylic acids is 1. The molecule has 0 fully saturated rings. The molecule has 0 heterocycles. The van der Waals surface area contributed by atoms with E-state index in [-0.39, 0.29) is 11.6 Å². The molecule has 3 N–H and O–H groups in total. The summed E-state index contributed by atoms with van der Waals surface area (Å²) < 4.78 is 0. The van der Waals surface area contributed by atoms with E-state index in [2.05, 4.69) is 5.32 Å². The standard InChI is InChI=1S/C10H13N3O3/c1-7(11)10(14)12-6-8-2-4-9(5-3-8)13(15)16/h2-5,7H,6,11H2,1H3,(H,12,14)/t7-/m0/s1. The van der Waals surface area contributed by atoms with Crippen molar-refractivity contribution in [1.29, 1.82) is 0 Å². The minimum Gasteiger partial charge on any atom is -0.351 e. The molecule has 1 amide bonds. The van der Waals surface area contributed by atoms with Crippen LogP contribution in [0.3, 0.4) is 0 Å². The number of nitro groups is 1. The van der Waals surface area contributed by atoms with Crippen molar-refractivity contribution in [3.8, 4) is 0 Å². The average molecular weight is 223 g/mol. The predicted octanol–water partition coefficient (Wildman–Crippen LogP) is 0.558. The molecule has 1 rings (SSSR count). The molecule has 0 bridgehead atoms. The molecule has 0 aliphatic rings. The van der Waals surface area contributed by atoms with Crippen LogP contribution in [-0.4, -0.2) is 16.9 Å². The molecule has 1 aromatic rings. The number of rotatable bonds is 4. The Bertz CT molecular complexity index is 387. The number of nitrogens with zero attached hydrogens (tertiary/aromatic N) is 1. The molecule has 0 aliphatic carbocycles. The van der Waals surface area contributed by atoms with Crippen LogP contribution in [0.5, 0.6) is 0 Å². The van der Waals surface area contributed by atoms with Crippen LogP contribution in [0.4, 0.5) is 5.69 Å². The summed E-state index contributed by atoms with van der Waals surface area (Å²) in [7, 11) is 0. The second-order valence-corrected chi connectivity index (χ2v) is 3.43. The van der Waals surface area contributed by atoms with Gasteiger partial charge in [0, 0.05) is 18.7 Å². The van der Waals surface area contributed by atoms with E-state index >= 15 is 0 Å². The molecule has 0 unspecified atom stereocenters. The lowest BCUT2D eigenvalue weighted by Crippen LogP contribution is -2.37. The Morgan fingerprint density at radius 1 is 1.50 bits per heavy atom. The molecular weight excluding hydrogens is 210 g/mol. The van der Waals surface area contributed by atoms with Gasteiger partial charge in [-0.15, -0.1) is 0 Å². The van der Waals surface area contributed by atoms with Crippen LogP contribution in [0.25, 0.3) is 0 Å². The maximum Gasteiger partial charge on any atom is 0.269 e. The van der Waals surface area contributed by atoms with Crippen molar-refractivity contribution in [2.24, 2.45) is 5.73 Å². The van der Waals surface area contributed by atoms with Crippen LogP contribution in [-0.2, 0) is 11.3 Å². The zero-order chi connectivity index (χ0) is 12.1. The maximum absolute atomic E-state index is 11.1. The number of nitro benzene ring substituents is 1. The highest BCUT2D eigenvalue weighted by Gasteiger charge is 2.07. The Morgan fingerprint density at radius 3 is 2.50 bits per heavy atom. The Balaban J connectivity index is 2.56. The van der Waals surface area contributed by atoms with Crippen LogP contribution in [0.15, 0.2) is 24.3 Å². The van der Waals surface area contributed by atoms with Crippen molar-refractivity contribution in [2.45, 2.75) is 19.5 Å². The van der Waals surface area contributed by atoms with Crippen LogP contribution >= 0.6 is 0 Å². The lowest BCUT2D eigenvalue weighted by molar-refractivity contribution is -0.384. The van der Waals surface area contributed by atoms with Gasteiger partial charge >= 0.3 is 0 Å². The summed E-state index contributed by atoms with van der Waals surface area (Å²) in [5, 5.41) is 13.0. The minimum absolute atomic E-state index is 0.0299. The maximum atomic E-state index is 11.1. The molecule has 1 aromatic carbocycles. The average Bonchev–Trinajstić information content (AvgIpc) is 2.26. The summed E-state index contributed by atoms with van der Waals surface area (Å²) in [6.07, 6.45) is 0. The van der Waals surface area contributed by atoms with Gasteiger partial charge < -0.3 is 11.1 Å². The SMILES string of the molecule is C[C@H](N)C(=O)NCc1ccc([N+](=O)[O-])cc1. The lowest BCUT2D eigenvalue weighted by atomic mass is 10.2. The third-order valence-corrected chi connectivity index (χ3v) is 2.03. The highest BCUT2D eigenvalue weighted by Crippen LogP contribution is 2.11. The number of amides is 1. The molecule has 0 aromatic heterocycles. The van der Waals surface area contributed by atoms with Crippen molar-refractivity contribution in [3.63, 3.8) is 0 Å². The highest BCUT2D eigenvalue weighted by atomic mass is 16.6. The van der Waals surface area contributed by atoms with E-state index in [0.717, 1.165) is 5.56 Å². The molecule has 0 spiro atoms. The zero-order valence-electron chi connectivity index (χ0n) is 8.84. The molecule has 0 aliphatic heterocycles. The first-order chi connectivity index (χ1) is 7.50. The van der Waals surface area contributed by atoms with Crippen LogP contribution in [0.2, 0.25) is 0 Å². The second kappa shape index (κ2) is 5.22. The molecule has 6 heteroatoms. The molecule has 6 nitrogen and oxygen atoms in total. The minimum atomic E-state index is -0.557. The summed E-state index contributed by atoms with van der Waals surface area (Å²) in [6, 6.07) is 5.43. The van der Waals surface area contributed by atoms with Gasteiger partial charge in [-0.2, -0.15) is 0 Å². The van der Waals surface area contributed by atoms with E-state index in [1.165, 1.54) is 12.1 Å². The van der Waals surface area contributed by atoms with Gasteiger partial charge in [-0.25, -0.2) is 0 Å². The summed E-state index contributed by atoms with van der Waals surface area (Å²) >= 11 is 0. The number of hydrogen-bond acceptors (Lipinski definition) is 4. The van der Waals surface area contributed by atoms with E-state index in [4.69, 9.17) is 5.73 Å². The van der Waals surface area contributed by atoms with E-state index < -0.39 is 11.0 Å². The van der Waals surface area contributed by atoms with E-state index in [1.54, 1.807) is 19.1 Å². The first-order valence-electron chi connectivity index (χ1n) is 4.77. The molecule has 1 atom stereocenters. The Morgan fingerprint density at radius 2 is 2.06 bits per heavy atom. The molecule has 16 heavy (non-hydrogen) atoms. The number of carbonyl (C=O) groups is 1. The number of hydrogen-bond donors (Lipinski definition) is 2. The van der Waals surface area contributed by atoms with Gasteiger partial charge in [-0.05, 0) is 12.5 Å². The van der Waals surface area contributed by atoms with E-state index in [9.17, 15) is 14.9 Å². The highest BCUT2D eigenvalue weighted by molar-refractivity contribution is 5.80. The third kappa shape index (κ3) is 3.32. The monoisotopic (exact) mass is 223 g/mol. The van der Waals surface area contributed by atoms with Gasteiger partial charge in [0.05, 0.1) is 11.0 Å². The Labute approximate surface area is 92.6 Å². The molecule has 86 valence electrons. The molecule has 0 saturated carbocycles. The summed E-state index contributed by atoms with van der Waals surface area (Å²) in [5.74, 6) is -0.252. The number of nitrogens with one attached hydrogen (secondary N) is 1. The lowest BCUT2D eigenvalue weighted by Gasteiger charge is -2.07. The number of nitrogens with two attached hydrogens (primary N) is 1. The predicted molar refractivity (Wildman–Crippen MR) is 58.6 cm³/mol. The van der Waals surface area contributed by atoms with E-state index in [0.29, 0.717) is 6.54 Å². The first-order valence-corrected chi connectivity index (χ1v) is 4.77. The third-order valence-electron chi connectivity index (χ3n) is 2.03. The Kier molecular flexibility index (Phi) is 3.96. The van der Waals surface area contributed by atoms with E-state index in [1.807, 2.05) is 0 Å². The van der Waals surface area contributed by atoms with Gasteiger partial charge in [0.25, 0.3) is 5.69 Å². The quantitative estimate of drug-likeness (QED) is 0.575. The fourth-order valence-electron chi connectivity index (χ4n) is 1.09. The summed E-state index contributed by atoms with van der Waals surface area (Å²) in [6.45, 7) is 1.91. The molecule has 0 saturated heterocycles. The summed E-state index contributed by atoms with van der Waals surface area (Å²) in [4.78, 5) is 21.1. The van der Waals surface area contributed by atoms with Crippen LogP contribution in [0, 0.1) is 10.1 Å². The van der Waals surface area contributed by atoms with Gasteiger partial charge in [0.2, 0.25) is 5.91 Å². The van der Waals surface area contributed by atoms with Crippen LogP contribution in [0.1, 0.15) is 12.5 Å². The van der Waals surface area contributed by atoms with Gasteiger partial charge in [-0.3, -0.25) is 14.9 Å². The largest absolute Gasteiger partial charge is 0.351 e. The number of benzene rings is 1. The van der Waals surface area contributed by atoms with Crippen LogP contribution < -0.4 is 11.1 Å². The normalized spacial score (nSPS) is 11.9. The van der Waals surface area contributed by atoms with Gasteiger partial charge in [-0.1, -0.05) is 12.1 Å². The zero-order valence-corrected chi connectivity index (χ0v) is 8.84. The second-order valence-electron chi connectivity index (χ2n) is 3.43. The molecular formula is C10H13N3O3. The van der Waals surface area contributed by atoms with Crippen molar-refractivity contribution in [1.82, 2.24) is 5.32 Å². The van der Waals surface area contributed by atoms with Gasteiger partial charge in [0.1, 0.15) is 0 Å². The fraction of sp³-hybridized carbons (Fsp3) is 0.300. The van der Waals surface area contributed by atoms with Crippen molar-refractivity contribution in [2.75, 3.05) is 0 Å². The smallest absolute Gasteiger partial charge is 0.269 e. The topological polar surface area (TPSA) is 98.3 Å². The van der Waals surface area contributed by atoms with Crippen molar-refractivity contribution < 1.29 is 9.72 Å². The summed E-state index contributed by atoms with van der Waals surface area (Å²) in [5.41, 5.74) is 6.18. The number of non-ortho nitro benzene ring substituents is 1. The Hall–Kier alpha value is -1.95. The fourth-order valence-corrected chi connectivity index (χ4v) is 1.09. The van der Waals surface area contributed by atoms with Gasteiger partial charge in [0.15, 0.2) is 0 Å².